The summed E-state index contributed by atoms with van der Waals surface area (Å²) < 4.78 is 77.7. The second kappa shape index (κ2) is 14.6. The molecule has 3 aromatic carbocycles. The van der Waals surface area contributed by atoms with Crippen LogP contribution in [0.4, 0.5) is 5.69 Å². The summed E-state index contributed by atoms with van der Waals surface area (Å²) >= 11 is 0. The van der Waals surface area contributed by atoms with Crippen LogP contribution in [0.1, 0.15) is 89.9 Å². The first-order chi connectivity index (χ1) is 26.0. The van der Waals surface area contributed by atoms with Crippen LogP contribution in [0, 0.1) is 0 Å². The number of rotatable bonds is 12. The molecule has 0 atom stereocenters. The molecule has 0 radical (unpaired) electrons. The number of fused-ring (bicyclic) bond motifs is 4. The van der Waals surface area contributed by atoms with E-state index in [1.807, 2.05) is 51.3 Å². The third kappa shape index (κ3) is 8.02. The van der Waals surface area contributed by atoms with Crippen LogP contribution >= 0.6 is 0 Å². The number of ether oxygens (including phenoxy) is 1. The van der Waals surface area contributed by atoms with Gasteiger partial charge in [-0.25, -0.2) is 9.37 Å². The van der Waals surface area contributed by atoms with Gasteiger partial charge in [0.15, 0.2) is 5.54 Å². The molecule has 0 spiro atoms. The third-order valence-corrected chi connectivity index (χ3v) is 12.1. The van der Waals surface area contributed by atoms with Crippen molar-refractivity contribution in [3.8, 4) is 11.5 Å². The number of benzene rings is 3. The molecule has 56 heavy (non-hydrogen) atoms. The van der Waals surface area contributed by atoms with Gasteiger partial charge in [-0.05, 0) is 80.3 Å². The van der Waals surface area contributed by atoms with Crippen LogP contribution in [0.25, 0.3) is 16.7 Å². The number of nitrogens with one attached hydrogen (secondary N) is 1. The van der Waals surface area contributed by atoms with E-state index in [-0.39, 0.29) is 16.7 Å². The molecule has 3 aliphatic rings. The number of amides is 1. The molecule has 6 rings (SSSR count). The molecule has 0 saturated heterocycles. The molecule has 3 heterocycles. The van der Waals surface area contributed by atoms with E-state index >= 15 is 0 Å². The molecule has 16 heteroatoms. The highest BCUT2D eigenvalue weighted by atomic mass is 32.2. The highest BCUT2D eigenvalue weighted by Gasteiger charge is 2.37. The number of unbranched alkanes of at least 4 members (excludes halogenated alkanes) is 2. The Labute approximate surface area is 326 Å². The fourth-order valence-electron chi connectivity index (χ4n) is 7.61. The van der Waals surface area contributed by atoms with Crippen molar-refractivity contribution in [1.29, 1.82) is 0 Å². The fourth-order valence-corrected chi connectivity index (χ4v) is 8.87. The number of aromatic carboxylic acids is 1. The van der Waals surface area contributed by atoms with Crippen LogP contribution in [0.2, 0.25) is 0 Å². The van der Waals surface area contributed by atoms with Gasteiger partial charge in [0, 0.05) is 66.7 Å². The van der Waals surface area contributed by atoms with Crippen molar-refractivity contribution in [3.05, 3.63) is 98.6 Å². The number of likely N-dealkylation sites (N-methyl/N-ethyl adjacent to an activating group) is 2. The van der Waals surface area contributed by atoms with Gasteiger partial charge in [-0.2, -0.15) is 16.8 Å². The summed E-state index contributed by atoms with van der Waals surface area (Å²) in [7, 11) is -5.29. The molecule has 0 aliphatic carbocycles. The number of hydrogen-bond acceptors (Lipinski definition) is 9. The number of carboxylic acid groups (broad SMARTS) is 1. The Morgan fingerprint density at radius 1 is 0.839 bits per heavy atom. The number of nitrogens with two attached hydrogens (primary N) is 1. The van der Waals surface area contributed by atoms with Crippen LogP contribution in [0.15, 0.2) is 54.6 Å². The Morgan fingerprint density at radius 2 is 1.50 bits per heavy atom. The van der Waals surface area contributed by atoms with Gasteiger partial charge in [-0.15, -0.1) is 0 Å². The zero-order chi connectivity index (χ0) is 41.1. The van der Waals surface area contributed by atoms with E-state index in [4.69, 9.17) is 10.5 Å². The van der Waals surface area contributed by atoms with E-state index in [0.717, 1.165) is 12.8 Å². The molecule has 0 fully saturated rings. The summed E-state index contributed by atoms with van der Waals surface area (Å²) in [5.74, 6) is -2.49. The van der Waals surface area contributed by atoms with Crippen LogP contribution < -0.4 is 35.8 Å². The first kappa shape index (κ1) is 40.8. The number of nitrogens with zero attached hydrogens (tertiary/aromatic N) is 2. The molecule has 3 aromatic rings. The number of carbonyl (C=O) groups excluding carboxylic acids is 1. The molecule has 0 unspecified atom stereocenters. The van der Waals surface area contributed by atoms with E-state index in [0.29, 0.717) is 80.7 Å². The smallest absolute Gasteiger partial charge is 0.336 e. The molecular weight excluding hydrogens is 761 g/mol. The minimum atomic E-state index is -4.48. The molecule has 6 N–H and O–H groups in total. The topological polar surface area (TPSA) is 217 Å². The second-order valence-electron chi connectivity index (χ2n) is 15.6. The maximum atomic E-state index is 13.2. The van der Waals surface area contributed by atoms with Crippen LogP contribution in [0.3, 0.4) is 0 Å². The Hall–Kier alpha value is -4.87. The number of anilines is 1. The van der Waals surface area contributed by atoms with Gasteiger partial charge in [0.05, 0.1) is 22.7 Å². The quantitative estimate of drug-likeness (QED) is 0.0792. The Morgan fingerprint density at radius 3 is 2.12 bits per heavy atom. The average molecular weight is 808 g/mol. The maximum Gasteiger partial charge on any atom is 0.336 e. The van der Waals surface area contributed by atoms with Crippen molar-refractivity contribution in [3.63, 3.8) is 0 Å². The van der Waals surface area contributed by atoms with Crippen LogP contribution in [-0.2, 0) is 20.2 Å². The second-order valence-corrected chi connectivity index (χ2v) is 18.5. The molecule has 0 aromatic heterocycles. The van der Waals surface area contributed by atoms with Gasteiger partial charge >= 0.3 is 5.97 Å². The number of carbonyl (C=O) groups is 2. The Kier molecular flexibility index (Phi) is 10.6. The van der Waals surface area contributed by atoms with Gasteiger partial charge in [-0.1, -0.05) is 18.6 Å². The molecule has 298 valence electrons. The predicted octanol–water partition coefficient (Wildman–Crippen LogP) is 3.28. The summed E-state index contributed by atoms with van der Waals surface area (Å²) in [6.45, 7) is 8.50. The van der Waals surface area contributed by atoms with Crippen LogP contribution in [0.5, 0.6) is 11.5 Å². The van der Waals surface area contributed by atoms with Crippen molar-refractivity contribution >= 4 is 54.5 Å². The zero-order valence-corrected chi connectivity index (χ0v) is 33.8. The summed E-state index contributed by atoms with van der Waals surface area (Å²) in [6, 6.07) is 11.2. The Balaban J connectivity index is 1.68. The van der Waals surface area contributed by atoms with Crippen molar-refractivity contribution in [2.45, 2.75) is 58.0 Å². The fraction of sp³-hybridized carbons (Fsp3) is 0.375. The largest absolute Gasteiger partial charge is 0.478 e. The van der Waals surface area contributed by atoms with Gasteiger partial charge in [0.25, 0.3) is 26.1 Å². The van der Waals surface area contributed by atoms with Gasteiger partial charge < -0.3 is 25.8 Å². The predicted molar refractivity (Wildman–Crippen MR) is 215 cm³/mol. The SMILES string of the molecule is CN1c2cc3c(cc2C(CS(=O)(=O)O)=CC1(C)C)C(c1ccc(C(=O)NCCCCCN)cc1C(=O)O)=c1cc2c(cc1O3)=[N+](C)C(C)(C)C=C2CS(=O)(=O)O. The van der Waals surface area contributed by atoms with E-state index in [2.05, 4.69) is 5.32 Å². The first-order valence-corrected chi connectivity index (χ1v) is 21.3. The van der Waals surface area contributed by atoms with E-state index < -0.39 is 54.7 Å². The zero-order valence-electron chi connectivity index (χ0n) is 32.1. The molecule has 1 amide bonds. The lowest BCUT2D eigenvalue weighted by molar-refractivity contribution is 0.0696. The third-order valence-electron chi connectivity index (χ3n) is 10.8. The normalized spacial score (nSPS) is 16.8. The molecule has 14 nitrogen and oxygen atoms in total. The highest BCUT2D eigenvalue weighted by Crippen LogP contribution is 2.46. The monoisotopic (exact) mass is 807 g/mol. The van der Waals surface area contributed by atoms with E-state index in [9.17, 15) is 40.6 Å². The molecule has 3 aliphatic heterocycles. The number of carboxylic acids is 1. The molecule has 0 saturated carbocycles. The van der Waals surface area contributed by atoms with E-state index in [1.54, 1.807) is 36.4 Å². The van der Waals surface area contributed by atoms with Crippen molar-refractivity contribution in [2.75, 3.05) is 43.6 Å². The summed E-state index contributed by atoms with van der Waals surface area (Å²) in [4.78, 5) is 28.2. The summed E-state index contributed by atoms with van der Waals surface area (Å²) in [5, 5.41) is 14.5. The van der Waals surface area contributed by atoms with Crippen molar-refractivity contribution in [2.24, 2.45) is 5.73 Å². The van der Waals surface area contributed by atoms with Gasteiger partial charge in [-0.3, -0.25) is 13.9 Å². The van der Waals surface area contributed by atoms with Crippen molar-refractivity contribution in [1.82, 2.24) is 9.89 Å². The number of hydrogen-bond donors (Lipinski definition) is 5. The summed E-state index contributed by atoms with van der Waals surface area (Å²) in [6.07, 6.45) is 5.84. The lowest BCUT2D eigenvalue weighted by atomic mass is 9.83. The Bertz CT molecular complexity index is 2610. The molecule has 0 bridgehead atoms. The minimum Gasteiger partial charge on any atom is -0.478 e. The lowest BCUT2D eigenvalue weighted by Crippen LogP contribution is -2.47. The van der Waals surface area contributed by atoms with Gasteiger partial charge in [0.1, 0.15) is 30.1 Å². The average Bonchev–Trinajstić information content (AvgIpc) is 3.08. The molecular formula is C40H47N4O10S2+. The van der Waals surface area contributed by atoms with E-state index in [1.165, 1.54) is 18.2 Å². The standard InChI is InChI=1S/C40H46N4O10S2/c1-39(2)19-24(21-55(48,49)50)27-15-30-34(17-32(27)43(39)5)54-35-18-33-28(25(22-56(51,52)53)20-40(3,4)44(33)6)16-31(35)36(30)26-11-10-23(14-29(26)38(46)47)37(45)42-13-9-7-8-12-41/h10-11,14-20H,7-9,12-13,21-22,41H2,1-6H3,(H3-,42,45,46,47,48,49,50,51,52,53)/p+1. The van der Waals surface area contributed by atoms with Crippen LogP contribution in [-0.4, -0.2) is 92.7 Å². The maximum absolute atomic E-state index is 13.2. The highest BCUT2D eigenvalue weighted by molar-refractivity contribution is 7.86. The van der Waals surface area contributed by atoms with Crippen molar-refractivity contribution < 1.29 is 45.4 Å². The first-order valence-electron chi connectivity index (χ1n) is 18.1. The minimum absolute atomic E-state index is 0.124. The summed E-state index contributed by atoms with van der Waals surface area (Å²) in [5.41, 5.74) is 7.25. The van der Waals surface area contributed by atoms with Gasteiger partial charge in [0.2, 0.25) is 5.36 Å². The lowest BCUT2D eigenvalue weighted by Gasteiger charge is -2.41.